The van der Waals surface area contributed by atoms with E-state index in [1.807, 2.05) is 0 Å². The molecule has 1 aliphatic rings. The van der Waals surface area contributed by atoms with Gasteiger partial charge in [-0.05, 0) is 25.1 Å². The Morgan fingerprint density at radius 1 is 1.27 bits per heavy atom. The molecule has 0 fully saturated rings. The first-order chi connectivity index (χ1) is 7.08. The van der Waals surface area contributed by atoms with Gasteiger partial charge in [0.25, 0.3) is 5.91 Å². The zero-order valence-corrected chi connectivity index (χ0v) is 8.02. The van der Waals surface area contributed by atoms with Gasteiger partial charge >= 0.3 is 6.29 Å². The predicted octanol–water partition coefficient (Wildman–Crippen LogP) is 0.472. The lowest BCUT2D eigenvalue weighted by Crippen LogP contribution is -2.35. The van der Waals surface area contributed by atoms with E-state index in [0.717, 1.165) is 0 Å². The van der Waals surface area contributed by atoms with Crippen LogP contribution in [0.3, 0.4) is 0 Å². The monoisotopic (exact) mass is 207 g/mol. The number of amides is 1. The van der Waals surface area contributed by atoms with E-state index in [4.69, 9.17) is 15.2 Å². The van der Waals surface area contributed by atoms with E-state index < -0.39 is 12.2 Å². The van der Waals surface area contributed by atoms with Crippen LogP contribution in [-0.4, -0.2) is 18.0 Å². The fourth-order valence-corrected chi connectivity index (χ4v) is 1.29. The van der Waals surface area contributed by atoms with Gasteiger partial charge in [0.2, 0.25) is 0 Å². The van der Waals surface area contributed by atoms with Gasteiger partial charge in [-0.1, -0.05) is 0 Å². The lowest BCUT2D eigenvalue weighted by Gasteiger charge is -2.03. The zero-order chi connectivity index (χ0) is 11.0. The van der Waals surface area contributed by atoms with Gasteiger partial charge in [-0.15, -0.1) is 0 Å². The molecule has 0 spiro atoms. The molecular weight excluding hydrogens is 198 g/mol. The van der Waals surface area contributed by atoms with Crippen molar-refractivity contribution >= 4 is 11.7 Å². The molecule has 1 aromatic rings. The third-order valence-corrected chi connectivity index (χ3v) is 2.05. The number of nitrogens with two attached hydrogens (primary N) is 1. The SMILES string of the molecule is CC(=O)c1ccc2c(c1)OC(C(N)=O)O2. The van der Waals surface area contributed by atoms with E-state index in [0.29, 0.717) is 17.1 Å². The Kier molecular flexibility index (Phi) is 2.07. The van der Waals surface area contributed by atoms with Crippen molar-refractivity contribution in [1.29, 1.82) is 0 Å². The zero-order valence-electron chi connectivity index (χ0n) is 8.02. The summed E-state index contributed by atoms with van der Waals surface area (Å²) in [5.41, 5.74) is 5.52. The number of rotatable bonds is 2. The molecule has 1 heterocycles. The van der Waals surface area contributed by atoms with Gasteiger partial charge in [0.15, 0.2) is 17.3 Å². The Balaban J connectivity index is 2.31. The first-order valence-electron chi connectivity index (χ1n) is 4.35. The number of benzene rings is 1. The van der Waals surface area contributed by atoms with Crippen molar-refractivity contribution in [2.24, 2.45) is 5.73 Å². The molecule has 1 unspecified atom stereocenters. The molecule has 0 aliphatic carbocycles. The van der Waals surface area contributed by atoms with Crippen LogP contribution in [-0.2, 0) is 4.79 Å². The summed E-state index contributed by atoms with van der Waals surface area (Å²) in [7, 11) is 0. The molecule has 0 aromatic heterocycles. The van der Waals surface area contributed by atoms with Crippen LogP contribution in [0.25, 0.3) is 0 Å². The van der Waals surface area contributed by atoms with Crippen molar-refractivity contribution in [3.8, 4) is 11.5 Å². The molecule has 0 saturated heterocycles. The van der Waals surface area contributed by atoms with Crippen molar-refractivity contribution in [3.63, 3.8) is 0 Å². The second-order valence-corrected chi connectivity index (χ2v) is 3.19. The molecule has 1 aromatic carbocycles. The number of hydrogen-bond donors (Lipinski definition) is 1. The van der Waals surface area contributed by atoms with E-state index in [2.05, 4.69) is 0 Å². The van der Waals surface area contributed by atoms with Crippen LogP contribution >= 0.6 is 0 Å². The number of hydrogen-bond acceptors (Lipinski definition) is 4. The summed E-state index contributed by atoms with van der Waals surface area (Å²) in [5.74, 6) is 0.00907. The molecule has 2 rings (SSSR count). The molecule has 0 bridgehead atoms. The fourth-order valence-electron chi connectivity index (χ4n) is 1.29. The van der Waals surface area contributed by atoms with Gasteiger partial charge in [-0.3, -0.25) is 9.59 Å². The number of ketones is 1. The van der Waals surface area contributed by atoms with Crippen LogP contribution in [0, 0.1) is 0 Å². The molecule has 0 saturated carbocycles. The molecule has 15 heavy (non-hydrogen) atoms. The van der Waals surface area contributed by atoms with Crippen molar-refractivity contribution in [1.82, 2.24) is 0 Å². The second-order valence-electron chi connectivity index (χ2n) is 3.19. The van der Waals surface area contributed by atoms with Gasteiger partial charge in [0, 0.05) is 5.56 Å². The minimum Gasteiger partial charge on any atom is -0.442 e. The van der Waals surface area contributed by atoms with E-state index in [1.165, 1.54) is 13.0 Å². The first-order valence-corrected chi connectivity index (χ1v) is 4.35. The lowest BCUT2D eigenvalue weighted by molar-refractivity contribution is -0.133. The van der Waals surface area contributed by atoms with Crippen molar-refractivity contribution < 1.29 is 19.1 Å². The van der Waals surface area contributed by atoms with Gasteiger partial charge in [-0.2, -0.15) is 0 Å². The Bertz CT molecular complexity index is 441. The summed E-state index contributed by atoms with van der Waals surface area (Å²) in [6.07, 6.45) is -1.10. The average Bonchev–Trinajstić information content (AvgIpc) is 2.59. The highest BCUT2D eigenvalue weighted by Gasteiger charge is 2.29. The van der Waals surface area contributed by atoms with Crippen LogP contribution in [0.1, 0.15) is 17.3 Å². The van der Waals surface area contributed by atoms with Gasteiger partial charge in [-0.25, -0.2) is 0 Å². The number of carbonyl (C=O) groups is 2. The molecule has 78 valence electrons. The molecule has 2 N–H and O–H groups in total. The van der Waals surface area contributed by atoms with Crippen LogP contribution in [0.5, 0.6) is 11.5 Å². The molecular formula is C10H9NO4. The number of ether oxygens (including phenoxy) is 2. The molecule has 5 nitrogen and oxygen atoms in total. The summed E-state index contributed by atoms with van der Waals surface area (Å²) in [4.78, 5) is 21.9. The molecule has 1 amide bonds. The number of carbonyl (C=O) groups excluding carboxylic acids is 2. The van der Waals surface area contributed by atoms with Gasteiger partial charge < -0.3 is 15.2 Å². The van der Waals surface area contributed by atoms with Crippen LogP contribution in [0.2, 0.25) is 0 Å². The highest BCUT2D eigenvalue weighted by molar-refractivity contribution is 5.94. The summed E-state index contributed by atoms with van der Waals surface area (Å²) < 4.78 is 10.2. The van der Waals surface area contributed by atoms with Crippen LogP contribution < -0.4 is 15.2 Å². The Hall–Kier alpha value is -2.04. The van der Waals surface area contributed by atoms with Crippen LogP contribution in [0.4, 0.5) is 0 Å². The van der Waals surface area contributed by atoms with Gasteiger partial charge in [0.05, 0.1) is 0 Å². The molecule has 1 aliphatic heterocycles. The van der Waals surface area contributed by atoms with E-state index in [-0.39, 0.29) is 5.78 Å². The minimum atomic E-state index is -1.10. The highest BCUT2D eigenvalue weighted by atomic mass is 16.7. The summed E-state index contributed by atoms with van der Waals surface area (Å²) >= 11 is 0. The van der Waals surface area contributed by atoms with Crippen LogP contribution in [0.15, 0.2) is 18.2 Å². The number of primary amides is 1. The topological polar surface area (TPSA) is 78.6 Å². The summed E-state index contributed by atoms with van der Waals surface area (Å²) in [5, 5.41) is 0. The summed E-state index contributed by atoms with van der Waals surface area (Å²) in [6, 6.07) is 4.71. The van der Waals surface area contributed by atoms with Gasteiger partial charge in [0.1, 0.15) is 0 Å². The quantitative estimate of drug-likeness (QED) is 0.715. The summed E-state index contributed by atoms with van der Waals surface area (Å²) in [6.45, 7) is 1.45. The third-order valence-electron chi connectivity index (χ3n) is 2.05. The van der Waals surface area contributed by atoms with E-state index >= 15 is 0 Å². The predicted molar refractivity (Wildman–Crippen MR) is 50.7 cm³/mol. The normalized spacial score (nSPS) is 17.5. The second kappa shape index (κ2) is 3.27. The third kappa shape index (κ3) is 1.63. The standard InChI is InChI=1S/C10H9NO4/c1-5(12)6-2-3-7-8(4-6)15-10(14-7)9(11)13/h2-4,10H,1H3,(H2,11,13). The fraction of sp³-hybridized carbons (Fsp3) is 0.200. The molecule has 5 heteroatoms. The lowest BCUT2D eigenvalue weighted by atomic mass is 10.1. The maximum atomic E-state index is 11.1. The Morgan fingerprint density at radius 3 is 2.53 bits per heavy atom. The minimum absolute atomic E-state index is 0.0797. The first kappa shape index (κ1) is 9.51. The average molecular weight is 207 g/mol. The number of fused-ring (bicyclic) bond motifs is 1. The maximum Gasteiger partial charge on any atom is 0.321 e. The van der Waals surface area contributed by atoms with E-state index in [9.17, 15) is 9.59 Å². The van der Waals surface area contributed by atoms with E-state index in [1.54, 1.807) is 12.1 Å². The smallest absolute Gasteiger partial charge is 0.321 e. The Labute approximate surface area is 85.8 Å². The van der Waals surface area contributed by atoms with Crippen molar-refractivity contribution in [2.45, 2.75) is 13.2 Å². The maximum absolute atomic E-state index is 11.1. The Morgan fingerprint density at radius 2 is 1.93 bits per heavy atom. The highest BCUT2D eigenvalue weighted by Crippen LogP contribution is 2.35. The molecule has 1 atom stereocenters. The molecule has 0 radical (unpaired) electrons. The number of Topliss-reactive ketones (excluding diaryl/α,β-unsaturated/α-hetero) is 1. The largest absolute Gasteiger partial charge is 0.442 e. The van der Waals surface area contributed by atoms with Crippen molar-refractivity contribution in [2.75, 3.05) is 0 Å². The van der Waals surface area contributed by atoms with Crippen molar-refractivity contribution in [3.05, 3.63) is 23.8 Å².